The van der Waals surface area contributed by atoms with Gasteiger partial charge in [-0.05, 0) is 19.1 Å². The molecule has 0 aliphatic carbocycles. The largest absolute Gasteiger partial charge is 0.507 e. The first-order valence-electron chi connectivity index (χ1n) is 4.90. The minimum Gasteiger partial charge on any atom is -0.507 e. The van der Waals surface area contributed by atoms with Gasteiger partial charge in [0.1, 0.15) is 5.75 Å². The van der Waals surface area contributed by atoms with Gasteiger partial charge in [-0.3, -0.25) is 4.79 Å². The number of carboxylic acids is 1. The van der Waals surface area contributed by atoms with E-state index in [1.54, 1.807) is 13.0 Å². The second-order valence-electron chi connectivity index (χ2n) is 3.58. The molecule has 0 fully saturated rings. The van der Waals surface area contributed by atoms with E-state index >= 15 is 0 Å². The van der Waals surface area contributed by atoms with Crippen LogP contribution in [0.1, 0.15) is 15.9 Å². The zero-order valence-corrected chi connectivity index (χ0v) is 9.17. The number of benzene rings is 1. The zero-order valence-electron chi connectivity index (χ0n) is 9.17. The van der Waals surface area contributed by atoms with Crippen molar-refractivity contribution in [3.05, 3.63) is 29.3 Å². The molecule has 0 saturated heterocycles. The topological polar surface area (TPSA) is 107 Å². The van der Waals surface area contributed by atoms with E-state index in [1.807, 2.05) is 0 Å². The van der Waals surface area contributed by atoms with Crippen LogP contribution in [0.2, 0.25) is 0 Å². The molecule has 0 saturated carbocycles. The predicted octanol–water partition coefficient (Wildman–Crippen LogP) is -0.124. The fraction of sp³-hybridized carbons (Fsp3) is 0.273. The maximum absolute atomic E-state index is 11.6. The van der Waals surface area contributed by atoms with Gasteiger partial charge in [0.05, 0.1) is 12.1 Å². The van der Waals surface area contributed by atoms with Crippen LogP contribution in [0.25, 0.3) is 0 Å². The lowest BCUT2D eigenvalue weighted by molar-refractivity contribution is -0.146. The van der Waals surface area contributed by atoms with Gasteiger partial charge in [0.2, 0.25) is 0 Å². The van der Waals surface area contributed by atoms with E-state index < -0.39 is 24.5 Å². The number of carbonyl (C=O) groups excluding carboxylic acids is 1. The first-order valence-corrected chi connectivity index (χ1v) is 4.90. The summed E-state index contributed by atoms with van der Waals surface area (Å²) in [6, 6.07) is 4.48. The fourth-order valence-corrected chi connectivity index (χ4v) is 1.20. The van der Waals surface area contributed by atoms with E-state index in [2.05, 4.69) is 5.32 Å². The van der Waals surface area contributed by atoms with E-state index in [4.69, 9.17) is 10.2 Å². The summed E-state index contributed by atoms with van der Waals surface area (Å²) in [6.45, 7) is 1.34. The number of phenolic OH excluding ortho intramolecular Hbond substituents is 1. The first kappa shape index (κ1) is 13.0. The van der Waals surface area contributed by atoms with E-state index in [0.29, 0.717) is 0 Å². The van der Waals surface area contributed by atoms with E-state index in [9.17, 15) is 14.7 Å². The number of aliphatic carboxylic acids is 1. The molecular formula is C11H13NO5. The number of aromatic hydroxyl groups is 1. The number of hydrogen-bond acceptors (Lipinski definition) is 4. The molecule has 6 heteroatoms. The first-order chi connectivity index (χ1) is 7.91. The standard InChI is InChI=1S/C11H13NO5/c1-6-2-3-8(13)7(4-6)10(15)12-5-9(14)11(16)17/h2-4,9,13-14H,5H2,1H3,(H,12,15)(H,16,17). The monoisotopic (exact) mass is 239 g/mol. The number of carboxylic acid groups (broad SMARTS) is 1. The smallest absolute Gasteiger partial charge is 0.334 e. The molecule has 1 atom stereocenters. The Morgan fingerprint density at radius 3 is 2.65 bits per heavy atom. The third kappa shape index (κ3) is 3.46. The Balaban J connectivity index is 2.70. The van der Waals surface area contributed by atoms with Crippen molar-refractivity contribution in [2.45, 2.75) is 13.0 Å². The molecule has 0 aliphatic heterocycles. The predicted molar refractivity (Wildman–Crippen MR) is 58.8 cm³/mol. The molecule has 6 nitrogen and oxygen atoms in total. The van der Waals surface area contributed by atoms with E-state index in [0.717, 1.165) is 5.56 Å². The minimum absolute atomic E-state index is 0.0441. The molecular weight excluding hydrogens is 226 g/mol. The van der Waals surface area contributed by atoms with Crippen molar-refractivity contribution in [2.24, 2.45) is 0 Å². The van der Waals surface area contributed by atoms with Crippen LogP contribution in [0.5, 0.6) is 5.75 Å². The van der Waals surface area contributed by atoms with Gasteiger partial charge in [0.25, 0.3) is 5.91 Å². The Bertz CT molecular complexity index is 443. The molecule has 1 amide bonds. The average molecular weight is 239 g/mol. The average Bonchev–Trinajstić information content (AvgIpc) is 2.28. The molecule has 0 heterocycles. The number of aryl methyl sites for hydroxylation is 1. The van der Waals surface area contributed by atoms with Crippen LogP contribution in [0.15, 0.2) is 18.2 Å². The maximum Gasteiger partial charge on any atom is 0.334 e. The van der Waals surface area contributed by atoms with E-state index in [1.165, 1.54) is 12.1 Å². The highest BCUT2D eigenvalue weighted by Gasteiger charge is 2.16. The number of phenols is 1. The number of rotatable bonds is 4. The van der Waals surface area contributed by atoms with Crippen LogP contribution in [0.3, 0.4) is 0 Å². The molecule has 0 aliphatic rings. The molecule has 4 N–H and O–H groups in total. The molecule has 0 spiro atoms. The Hall–Kier alpha value is -2.08. The van der Waals surface area contributed by atoms with Crippen molar-refractivity contribution in [3.63, 3.8) is 0 Å². The molecule has 0 aromatic heterocycles. The lowest BCUT2D eigenvalue weighted by atomic mass is 10.1. The third-order valence-corrected chi connectivity index (χ3v) is 2.14. The van der Waals surface area contributed by atoms with E-state index in [-0.39, 0.29) is 11.3 Å². The van der Waals surface area contributed by atoms with Gasteiger partial charge >= 0.3 is 5.97 Å². The number of amides is 1. The molecule has 0 bridgehead atoms. The zero-order chi connectivity index (χ0) is 13.0. The normalized spacial score (nSPS) is 11.9. The van der Waals surface area contributed by atoms with Crippen molar-refractivity contribution in [1.29, 1.82) is 0 Å². The van der Waals surface area contributed by atoms with Crippen molar-refractivity contribution >= 4 is 11.9 Å². The van der Waals surface area contributed by atoms with Crippen molar-refractivity contribution in [1.82, 2.24) is 5.32 Å². The molecule has 92 valence electrons. The fourth-order valence-electron chi connectivity index (χ4n) is 1.20. The van der Waals surface area contributed by atoms with Gasteiger partial charge in [0, 0.05) is 0 Å². The summed E-state index contributed by atoms with van der Waals surface area (Å²) in [7, 11) is 0. The quantitative estimate of drug-likeness (QED) is 0.585. The summed E-state index contributed by atoms with van der Waals surface area (Å²) in [5.74, 6) is -2.25. The molecule has 1 rings (SSSR count). The second kappa shape index (κ2) is 5.31. The highest BCUT2D eigenvalue weighted by atomic mass is 16.4. The summed E-state index contributed by atoms with van der Waals surface area (Å²) in [5.41, 5.74) is 0.828. The molecule has 1 aromatic carbocycles. The van der Waals surface area contributed by atoms with Crippen LogP contribution in [0, 0.1) is 6.92 Å². The summed E-state index contributed by atoms with van der Waals surface area (Å²) in [6.07, 6.45) is -1.66. The lowest BCUT2D eigenvalue weighted by Crippen LogP contribution is -2.36. The van der Waals surface area contributed by atoms with Crippen LogP contribution in [-0.2, 0) is 4.79 Å². The number of carbonyl (C=O) groups is 2. The molecule has 17 heavy (non-hydrogen) atoms. The minimum atomic E-state index is -1.66. The van der Waals surface area contributed by atoms with Crippen LogP contribution < -0.4 is 5.32 Å². The van der Waals surface area contributed by atoms with Crippen LogP contribution in [0.4, 0.5) is 0 Å². The Labute approximate surface area is 97.5 Å². The van der Waals surface area contributed by atoms with Gasteiger partial charge in [-0.2, -0.15) is 0 Å². The summed E-state index contributed by atoms with van der Waals surface area (Å²) < 4.78 is 0. The third-order valence-electron chi connectivity index (χ3n) is 2.14. The Kier molecular flexibility index (Phi) is 4.06. The van der Waals surface area contributed by atoms with Crippen molar-refractivity contribution in [2.75, 3.05) is 6.54 Å². The van der Waals surface area contributed by atoms with Gasteiger partial charge < -0.3 is 20.6 Å². The number of nitrogens with one attached hydrogen (secondary N) is 1. The number of aliphatic hydroxyl groups is 1. The number of aliphatic hydroxyl groups excluding tert-OH is 1. The maximum atomic E-state index is 11.6. The molecule has 0 radical (unpaired) electrons. The number of hydrogen-bond donors (Lipinski definition) is 4. The van der Waals surface area contributed by atoms with Gasteiger partial charge in [-0.1, -0.05) is 11.6 Å². The van der Waals surface area contributed by atoms with Crippen molar-refractivity contribution in [3.8, 4) is 5.75 Å². The summed E-state index contributed by atoms with van der Waals surface area (Å²) >= 11 is 0. The highest BCUT2D eigenvalue weighted by molar-refractivity contribution is 5.97. The SMILES string of the molecule is Cc1ccc(O)c(C(=O)NCC(O)C(=O)O)c1. The van der Waals surface area contributed by atoms with Crippen LogP contribution in [-0.4, -0.2) is 39.8 Å². The second-order valence-corrected chi connectivity index (χ2v) is 3.58. The van der Waals surface area contributed by atoms with Crippen molar-refractivity contribution < 1.29 is 24.9 Å². The van der Waals surface area contributed by atoms with Gasteiger partial charge in [-0.25, -0.2) is 4.79 Å². The summed E-state index contributed by atoms with van der Waals surface area (Å²) in [5, 5.41) is 29.0. The lowest BCUT2D eigenvalue weighted by Gasteiger charge is -2.09. The van der Waals surface area contributed by atoms with Crippen LogP contribution >= 0.6 is 0 Å². The Morgan fingerprint density at radius 1 is 1.41 bits per heavy atom. The van der Waals surface area contributed by atoms with Gasteiger partial charge in [-0.15, -0.1) is 0 Å². The summed E-state index contributed by atoms with van der Waals surface area (Å²) in [4.78, 5) is 21.9. The van der Waals surface area contributed by atoms with Gasteiger partial charge in [0.15, 0.2) is 6.10 Å². The highest BCUT2D eigenvalue weighted by Crippen LogP contribution is 2.17. The molecule has 1 aromatic rings. The molecule has 1 unspecified atom stereocenters. The Morgan fingerprint density at radius 2 is 2.06 bits per heavy atom.